The first-order valence-electron chi connectivity index (χ1n) is 58.0. The Labute approximate surface area is 868 Å². The van der Waals surface area contributed by atoms with Crippen molar-refractivity contribution in [3.63, 3.8) is 0 Å². The maximum Gasteiger partial charge on any atom is 0.261 e. The lowest BCUT2D eigenvalue weighted by molar-refractivity contribution is -0.0541. The molecule has 0 aliphatic carbocycles. The van der Waals surface area contributed by atoms with E-state index in [1.165, 1.54) is 189 Å². The Morgan fingerprint density at radius 1 is 0.387 bits per heavy atom. The summed E-state index contributed by atoms with van der Waals surface area (Å²) >= 11 is 0. The van der Waals surface area contributed by atoms with Gasteiger partial charge >= 0.3 is 0 Å². The van der Waals surface area contributed by atoms with E-state index in [4.69, 9.17) is 9.84 Å². The number of likely N-dealkylation sites (tertiary alicyclic amines) is 5. The first-order chi connectivity index (χ1) is 65.5. The zero-order valence-electron chi connectivity index (χ0n) is 105. The number of nitrogens with zero attached hydrogens (tertiary/aromatic N) is 12. The molecule has 137 heavy (non-hydrogen) atoms. The Morgan fingerprint density at radius 3 is 0.985 bits per heavy atom. The standard InChI is InChI=1S/C9H20N2.C9H22N2.C9H21NO.C8H20N2.C8H19NO.C7H13F2N.C7H16N2.C7H18N2.C7H15N.C6H11F2N.C6H16N2.C6H13N.12C2H6/c1-4-11-7-5-9(6-8-11)10(2)3;1-4-10-8-7-9-11(5-2)6-3;1-5-10-9(7-11-4)6-8(2)3;1-5-9-6-8(2)7-10(3)4;1-5-9-7(6-10)8(2,3)4;1-2-10-5-3-7(8,9)4-6-10;1-3-9-6-4-8(2)5-7-9;1-4-8-6-5-7-9(2)3;1-2-8-6-4-3-5-7-8;1-2-9-4-3-6(7,8)5-9;1-4-7-5-6-8(2)3;1-2-7-5-3-4-6-7;12*1-2/h9H,4-8H2,1-3H3;10H,4-9H2,1-3H3;8-10H,5-7H2,1-4H3;8-9H,5-7H2,1-4H3;7,9-10H,5-6H2,1-4H3;2-6H2,1H3;3-7H2,1-2H3;8H,4-7H2,1-3H3;2-7H2,1H3;2-5H2,1H3;7H,4-6H2,1-3H3;2-6H2,1H3;12*1-2H3/t;;9-;;7-;;;;;;;;;;;;;;;;;;;/m..0.1.................../s1. The topological polar surface area (TPSA) is 141 Å². The van der Waals surface area contributed by atoms with Crippen LogP contribution in [0.15, 0.2) is 0 Å². The molecular weight excluding hydrogens is 1720 g/mol. The van der Waals surface area contributed by atoms with Gasteiger partial charge in [-0.05, 0) is 302 Å². The van der Waals surface area contributed by atoms with Gasteiger partial charge in [-0.15, -0.1) is 0 Å². The van der Waals surface area contributed by atoms with E-state index in [0.29, 0.717) is 25.7 Å². The van der Waals surface area contributed by atoms with Crippen LogP contribution in [-0.4, -0.2) is 413 Å². The average Bonchev–Trinajstić information content (AvgIpc) is 1.80. The molecule has 0 aromatic rings. The van der Waals surface area contributed by atoms with E-state index in [1.54, 1.807) is 12.0 Å². The molecule has 0 spiro atoms. The van der Waals surface area contributed by atoms with Crippen molar-refractivity contribution in [2.24, 2.45) is 17.3 Å². The quantitative estimate of drug-likeness (QED) is 0.0234. The highest BCUT2D eigenvalue weighted by molar-refractivity contribution is 4.82. The van der Waals surface area contributed by atoms with Crippen LogP contribution in [0, 0.1) is 17.3 Å². The molecule has 6 rings (SSSR count). The summed E-state index contributed by atoms with van der Waals surface area (Å²) in [6.07, 6.45) is 13.7. The number of aliphatic hydroxyl groups excluding tert-OH is 1. The molecule has 3 atom stereocenters. The molecule has 858 valence electrons. The van der Waals surface area contributed by atoms with E-state index >= 15 is 0 Å². The van der Waals surface area contributed by atoms with Crippen LogP contribution >= 0.6 is 0 Å². The fourth-order valence-corrected chi connectivity index (χ4v) is 13.1. The molecule has 0 bridgehead atoms. The highest BCUT2D eigenvalue weighted by atomic mass is 19.3. The van der Waals surface area contributed by atoms with E-state index < -0.39 is 11.8 Å². The number of halogens is 4. The second-order valence-electron chi connectivity index (χ2n) is 33.8. The van der Waals surface area contributed by atoms with E-state index in [9.17, 15) is 17.6 Å². The van der Waals surface area contributed by atoms with Crippen molar-refractivity contribution >= 4 is 0 Å². The van der Waals surface area contributed by atoms with Crippen molar-refractivity contribution in [1.29, 1.82) is 0 Å². The molecule has 6 aliphatic heterocycles. The van der Waals surface area contributed by atoms with Crippen molar-refractivity contribution in [3.8, 4) is 0 Å². The van der Waals surface area contributed by atoms with Crippen LogP contribution in [0.5, 0.6) is 0 Å². The second-order valence-corrected chi connectivity index (χ2v) is 33.8. The highest BCUT2D eigenvalue weighted by Gasteiger charge is 2.37. The zero-order chi connectivity index (χ0) is 111. The van der Waals surface area contributed by atoms with Gasteiger partial charge in [-0.3, -0.25) is 4.90 Å². The molecular formula is C113H276F4N18O2. The monoisotopic (exact) mass is 1990 g/mol. The number of aliphatic hydroxyl groups is 1. The maximum absolute atomic E-state index is 12.5. The van der Waals surface area contributed by atoms with Gasteiger partial charge in [0, 0.05) is 110 Å². The van der Waals surface area contributed by atoms with Crippen LogP contribution in [-0.2, 0) is 4.74 Å². The Morgan fingerprint density at radius 2 is 0.715 bits per heavy atom. The number of piperazine rings is 1. The van der Waals surface area contributed by atoms with Gasteiger partial charge in [-0.2, -0.15) is 0 Å². The Kier molecular flexibility index (Phi) is 198. The number of hydrogen-bond donors (Lipinski definition) is 7. The molecule has 0 radical (unpaired) electrons. The van der Waals surface area contributed by atoms with Gasteiger partial charge in [0.2, 0.25) is 0 Å². The fraction of sp³-hybridized carbons (Fsp3) is 1.00. The van der Waals surface area contributed by atoms with Gasteiger partial charge in [0.25, 0.3) is 11.8 Å². The SMILES string of the molecule is CC.CC.CC.CC.CC.CC.CC.CC.CC.CC.CC.CC.CCN1CCC(F)(F)C1.CCN1CCC(F)(F)CC1.CCN1CCC(N(C)C)CC1.CCN1CCCC1.CCN1CCCCC1.CCN1CCN(C)CC1.CCNCC(C)CN(C)C.CCNCCCN(C)C.CCNCCCN(CC)CC.CCNCCN(C)C.CCN[C@H](CO)C(C)(C)C.CCN[C@H](COC)CC(C)C. The largest absolute Gasteiger partial charge is 0.395 e. The molecule has 6 heterocycles. The average molecular weight is 2000 g/mol. The van der Waals surface area contributed by atoms with Crippen molar-refractivity contribution < 1.29 is 27.4 Å². The summed E-state index contributed by atoms with van der Waals surface area (Å²) in [4.78, 5) is 27.6. The summed E-state index contributed by atoms with van der Waals surface area (Å²) in [6, 6.07) is 1.58. The van der Waals surface area contributed by atoms with Crippen LogP contribution < -0.4 is 31.9 Å². The smallest absolute Gasteiger partial charge is 0.261 e. The van der Waals surface area contributed by atoms with Gasteiger partial charge in [0.15, 0.2) is 0 Å². The Balaban J connectivity index is -0.0000000691. The molecule has 6 saturated heterocycles. The third-order valence-corrected chi connectivity index (χ3v) is 20.9. The Bertz CT molecular complexity index is 1820. The van der Waals surface area contributed by atoms with Gasteiger partial charge in [0.05, 0.1) is 19.8 Å². The van der Waals surface area contributed by atoms with E-state index in [0.717, 1.165) is 110 Å². The number of alkyl halides is 4. The van der Waals surface area contributed by atoms with Crippen LogP contribution in [0.4, 0.5) is 17.6 Å². The van der Waals surface area contributed by atoms with E-state index in [-0.39, 0.29) is 43.9 Å². The number of rotatable bonds is 37. The van der Waals surface area contributed by atoms with Gasteiger partial charge in [-0.25, -0.2) is 17.6 Å². The second kappa shape index (κ2) is 153. The molecule has 0 aromatic carbocycles. The molecule has 0 saturated carbocycles. The summed E-state index contributed by atoms with van der Waals surface area (Å²) in [5, 5.41) is 28.7. The van der Waals surface area contributed by atoms with Crippen molar-refractivity contribution in [1.82, 2.24) is 90.7 Å². The molecule has 6 fully saturated rings. The normalized spacial score (nSPS) is 15.7. The third kappa shape index (κ3) is 158. The van der Waals surface area contributed by atoms with Crippen LogP contribution in [0.25, 0.3) is 0 Å². The fourth-order valence-electron chi connectivity index (χ4n) is 13.1. The van der Waals surface area contributed by atoms with E-state index in [1.807, 2.05) is 180 Å². The number of ether oxygens (including phenoxy) is 1. The summed E-state index contributed by atoms with van der Waals surface area (Å²) < 4.78 is 54.7. The van der Waals surface area contributed by atoms with Crippen molar-refractivity contribution in [3.05, 3.63) is 0 Å². The predicted molar refractivity (Wildman–Crippen MR) is 629 cm³/mol. The zero-order valence-corrected chi connectivity index (χ0v) is 105. The van der Waals surface area contributed by atoms with E-state index in [2.05, 4.69) is 274 Å². The molecule has 0 aromatic heterocycles. The number of likely N-dealkylation sites (N-methyl/N-ethyl adjacent to an activating group) is 6. The summed E-state index contributed by atoms with van der Waals surface area (Å²) in [6.45, 7) is 131. The van der Waals surface area contributed by atoms with Crippen LogP contribution in [0.3, 0.4) is 0 Å². The van der Waals surface area contributed by atoms with Crippen LogP contribution in [0.2, 0.25) is 0 Å². The Hall–Kier alpha value is -1.08. The lowest BCUT2D eigenvalue weighted by Crippen LogP contribution is -2.44. The lowest BCUT2D eigenvalue weighted by atomic mass is 9.87. The third-order valence-electron chi connectivity index (χ3n) is 20.9. The number of piperidine rings is 3. The molecule has 20 nitrogen and oxygen atoms in total. The van der Waals surface area contributed by atoms with Crippen LogP contribution in [0.1, 0.15) is 388 Å². The minimum Gasteiger partial charge on any atom is -0.395 e. The van der Waals surface area contributed by atoms with Gasteiger partial charge < -0.3 is 95.6 Å². The van der Waals surface area contributed by atoms with Gasteiger partial charge in [-0.1, -0.05) is 311 Å². The number of hydrogen-bond acceptors (Lipinski definition) is 20. The maximum atomic E-state index is 12.5. The molecule has 7 N–H and O–H groups in total. The molecule has 1 unspecified atom stereocenters. The number of methoxy groups -OCH3 is 1. The highest BCUT2D eigenvalue weighted by Crippen LogP contribution is 2.28. The number of nitrogens with one attached hydrogen (secondary N) is 6. The van der Waals surface area contributed by atoms with Gasteiger partial charge in [0.1, 0.15) is 0 Å². The van der Waals surface area contributed by atoms with Crippen molar-refractivity contribution in [2.75, 3.05) is 319 Å². The molecule has 0 amide bonds. The molecule has 24 heteroatoms. The molecule has 6 aliphatic rings. The first kappa shape index (κ1) is 178. The lowest BCUT2D eigenvalue weighted by Gasteiger charge is -2.34. The first-order valence-corrected chi connectivity index (χ1v) is 58.0. The summed E-state index contributed by atoms with van der Waals surface area (Å²) in [7, 11) is 20.9. The summed E-state index contributed by atoms with van der Waals surface area (Å²) in [5.41, 5.74) is 0.157. The predicted octanol–water partition coefficient (Wildman–Crippen LogP) is 24.8. The minimum atomic E-state index is -2.41. The summed E-state index contributed by atoms with van der Waals surface area (Å²) in [5.74, 6) is -3.29. The minimum absolute atomic E-state index is 0.0382. The van der Waals surface area contributed by atoms with Crippen molar-refractivity contribution in [2.45, 2.75) is 418 Å².